The van der Waals surface area contributed by atoms with Gasteiger partial charge in [0.25, 0.3) is 0 Å². The monoisotopic (exact) mass is 570 g/mol. The maximum absolute atomic E-state index is 12.3. The Morgan fingerprint density at radius 2 is 1.18 bits per heavy atom. The van der Waals surface area contributed by atoms with Gasteiger partial charge in [-0.25, -0.2) is 4.79 Å². The first-order chi connectivity index (χ1) is 16.5. The van der Waals surface area contributed by atoms with E-state index in [4.69, 9.17) is 4.74 Å². The van der Waals surface area contributed by atoms with Crippen LogP contribution in [0.3, 0.4) is 0 Å². The number of phenols is 1. The predicted octanol–water partition coefficient (Wildman–Crippen LogP) is 5.90. The van der Waals surface area contributed by atoms with Gasteiger partial charge in [-0.1, -0.05) is 43.7 Å². The van der Waals surface area contributed by atoms with Crippen LogP contribution in [0.1, 0.15) is 39.5 Å². The van der Waals surface area contributed by atoms with Crippen LogP contribution in [-0.4, -0.2) is 17.7 Å². The predicted molar refractivity (Wildman–Crippen MR) is 140 cm³/mol. The van der Waals surface area contributed by atoms with Gasteiger partial charge >= 0.3 is 5.97 Å². The van der Waals surface area contributed by atoms with Crippen molar-refractivity contribution in [3.63, 3.8) is 0 Å². The second kappa shape index (κ2) is 12.4. The number of carbonyl (C=O) groups excluding carboxylic acids is 1. The van der Waals surface area contributed by atoms with Crippen LogP contribution in [0.5, 0.6) is 5.75 Å². The molecule has 0 heterocycles. The summed E-state index contributed by atoms with van der Waals surface area (Å²) in [7, 11) is 0. The number of benzene rings is 3. The normalized spacial score (nSPS) is 9.03. The Kier molecular flexibility index (Phi) is 9.03. The summed E-state index contributed by atoms with van der Waals surface area (Å²) in [5.74, 6) is 21.7. The van der Waals surface area contributed by atoms with E-state index in [1.165, 1.54) is 12.1 Å². The smallest absolute Gasteiger partial charge is 0.338 e. The van der Waals surface area contributed by atoms with Crippen LogP contribution in [-0.2, 0) is 4.74 Å². The summed E-state index contributed by atoms with van der Waals surface area (Å²) in [5, 5.41) is 10.7. The molecule has 0 saturated carbocycles. The van der Waals surface area contributed by atoms with Crippen molar-refractivity contribution in [2.45, 2.75) is 6.92 Å². The van der Waals surface area contributed by atoms with E-state index in [9.17, 15) is 9.90 Å². The fourth-order valence-electron chi connectivity index (χ4n) is 2.63. The molecule has 0 aliphatic rings. The average Bonchev–Trinajstić information content (AvgIpc) is 2.83. The van der Waals surface area contributed by atoms with Gasteiger partial charge in [-0.2, -0.15) is 0 Å². The maximum atomic E-state index is 12.3. The van der Waals surface area contributed by atoms with Gasteiger partial charge in [-0.05, 0) is 103 Å². The molecule has 0 amide bonds. The van der Waals surface area contributed by atoms with Crippen LogP contribution in [0.2, 0.25) is 0 Å². The van der Waals surface area contributed by atoms with Gasteiger partial charge in [-0.15, -0.1) is 0 Å². The van der Waals surface area contributed by atoms with Crippen LogP contribution in [0.15, 0.2) is 69.6 Å². The van der Waals surface area contributed by atoms with Crippen molar-refractivity contribution in [1.82, 2.24) is 0 Å². The van der Waals surface area contributed by atoms with Gasteiger partial charge in [-0.3, -0.25) is 0 Å². The van der Waals surface area contributed by atoms with Crippen molar-refractivity contribution in [3.05, 3.63) is 97.4 Å². The second-order valence-electron chi connectivity index (χ2n) is 6.65. The number of hydrogen-bond donors (Lipinski definition) is 1. The summed E-state index contributed by atoms with van der Waals surface area (Å²) in [5.41, 5.74) is 2.28. The largest absolute Gasteiger partial charge is 0.505 e. The zero-order chi connectivity index (χ0) is 24.3. The molecular weight excluding hydrogens is 556 g/mol. The van der Waals surface area contributed by atoms with Crippen LogP contribution in [0.4, 0.5) is 0 Å². The van der Waals surface area contributed by atoms with Gasteiger partial charge in [0.05, 0.1) is 23.3 Å². The Morgan fingerprint density at radius 3 is 1.59 bits per heavy atom. The van der Waals surface area contributed by atoms with E-state index in [0.29, 0.717) is 0 Å². The molecule has 0 aliphatic carbocycles. The highest BCUT2D eigenvalue weighted by Gasteiger charge is 2.13. The number of carbonyl (C=O) groups is 1. The molecule has 1 N–H and O–H groups in total. The summed E-state index contributed by atoms with van der Waals surface area (Å²) in [6, 6.07) is 17.9. The molecule has 0 aromatic heterocycles. The average molecular weight is 572 g/mol. The Labute approximate surface area is 215 Å². The molecule has 0 atom stereocenters. The minimum Gasteiger partial charge on any atom is -0.505 e. The number of rotatable bonds is 2. The molecule has 0 unspecified atom stereocenters. The van der Waals surface area contributed by atoms with Crippen LogP contribution < -0.4 is 0 Å². The minimum absolute atomic E-state index is 0.149. The van der Waals surface area contributed by atoms with Crippen molar-refractivity contribution in [1.29, 1.82) is 0 Å². The number of phenolic OH excluding ortho intramolecular Hbond substituents is 1. The lowest BCUT2D eigenvalue weighted by atomic mass is 10.0. The number of halogens is 2. The molecule has 0 saturated heterocycles. The lowest BCUT2D eigenvalue weighted by molar-refractivity contribution is 0.0526. The van der Waals surface area contributed by atoms with Crippen molar-refractivity contribution < 1.29 is 14.6 Å². The second-order valence-corrected chi connectivity index (χ2v) is 8.49. The fourth-order valence-corrected chi connectivity index (χ4v) is 3.16. The summed E-state index contributed by atoms with van der Waals surface area (Å²) in [6.45, 7) is 1.94. The highest BCUT2D eigenvalue weighted by molar-refractivity contribution is 9.10. The Bertz CT molecular complexity index is 1350. The number of ether oxygens (including phenoxy) is 1. The fraction of sp³-hybridized carbons (Fsp3) is 0.0690. The molecule has 3 aromatic carbocycles. The van der Waals surface area contributed by atoms with Crippen molar-refractivity contribution in [2.24, 2.45) is 0 Å². The van der Waals surface area contributed by atoms with E-state index in [0.717, 1.165) is 20.1 Å². The highest BCUT2D eigenvalue weighted by Crippen LogP contribution is 2.24. The topological polar surface area (TPSA) is 46.5 Å². The van der Waals surface area contributed by atoms with Crippen LogP contribution >= 0.6 is 31.9 Å². The van der Waals surface area contributed by atoms with E-state index in [1.54, 1.807) is 6.92 Å². The molecule has 0 spiro atoms. The molecule has 0 aliphatic heterocycles. The summed E-state index contributed by atoms with van der Waals surface area (Å²) in [4.78, 5) is 12.3. The third kappa shape index (κ3) is 7.33. The zero-order valence-electron chi connectivity index (χ0n) is 18.0. The van der Waals surface area contributed by atoms with Gasteiger partial charge in [0.1, 0.15) is 5.75 Å². The molecular formula is C29H16Br2O3. The van der Waals surface area contributed by atoms with E-state index >= 15 is 0 Å². The van der Waals surface area contributed by atoms with Gasteiger partial charge < -0.3 is 9.84 Å². The molecule has 0 bridgehead atoms. The van der Waals surface area contributed by atoms with E-state index in [2.05, 4.69) is 79.2 Å². The van der Waals surface area contributed by atoms with E-state index < -0.39 is 5.97 Å². The molecule has 0 fully saturated rings. The van der Waals surface area contributed by atoms with E-state index in [1.807, 2.05) is 48.5 Å². The first kappa shape index (κ1) is 24.8. The summed E-state index contributed by atoms with van der Waals surface area (Å²) in [6.07, 6.45) is 0. The third-order valence-corrected chi connectivity index (χ3v) is 5.30. The van der Waals surface area contributed by atoms with Gasteiger partial charge in [0.15, 0.2) is 0 Å². The Hall–Kier alpha value is -3.87. The van der Waals surface area contributed by atoms with Crippen LogP contribution in [0, 0.1) is 47.4 Å². The Morgan fingerprint density at radius 1 is 0.765 bits per heavy atom. The third-order valence-electron chi connectivity index (χ3n) is 4.24. The molecule has 3 aromatic rings. The zero-order valence-corrected chi connectivity index (χ0v) is 21.2. The molecule has 0 radical (unpaired) electrons. The lowest BCUT2D eigenvalue weighted by Gasteiger charge is -2.06. The standard InChI is InChI=1S/C29H16Br2O3/c1-2-34-29(33)25-19-23(9-5-3-7-21-11-15-26(30)16-12-21)28(32)24(20-25)10-6-4-8-22-13-17-27(31)18-14-22/h11-20,32H,2H2,1H3. The number of aromatic hydroxyl groups is 1. The number of hydrogen-bond acceptors (Lipinski definition) is 3. The van der Waals surface area contributed by atoms with Gasteiger partial charge in [0, 0.05) is 20.1 Å². The molecule has 5 heteroatoms. The molecule has 3 nitrogen and oxygen atoms in total. The first-order valence-corrected chi connectivity index (χ1v) is 11.6. The van der Waals surface area contributed by atoms with Crippen molar-refractivity contribution >= 4 is 37.8 Å². The highest BCUT2D eigenvalue weighted by atomic mass is 79.9. The molecule has 164 valence electrons. The Balaban J connectivity index is 1.93. The number of esters is 1. The lowest BCUT2D eigenvalue weighted by Crippen LogP contribution is -2.05. The quantitative estimate of drug-likeness (QED) is 0.308. The van der Waals surface area contributed by atoms with Crippen molar-refractivity contribution in [2.75, 3.05) is 6.61 Å². The molecule has 3 rings (SSSR count). The van der Waals surface area contributed by atoms with Crippen LogP contribution in [0.25, 0.3) is 0 Å². The van der Waals surface area contributed by atoms with Gasteiger partial charge in [0.2, 0.25) is 0 Å². The SMILES string of the molecule is CCOC(=O)c1cc(C#CC#Cc2ccc(Br)cc2)c(O)c(C#CC#Cc2ccc(Br)cc2)c1. The minimum atomic E-state index is -0.532. The summed E-state index contributed by atoms with van der Waals surface area (Å²) >= 11 is 6.75. The first-order valence-electron chi connectivity index (χ1n) is 10.1. The summed E-state index contributed by atoms with van der Waals surface area (Å²) < 4.78 is 7.00. The van der Waals surface area contributed by atoms with E-state index in [-0.39, 0.29) is 29.0 Å². The molecule has 34 heavy (non-hydrogen) atoms. The van der Waals surface area contributed by atoms with Crippen molar-refractivity contribution in [3.8, 4) is 53.1 Å². The maximum Gasteiger partial charge on any atom is 0.338 e.